The molecule has 1 heterocycles. The van der Waals surface area contributed by atoms with E-state index < -0.39 is 17.9 Å². The van der Waals surface area contributed by atoms with Crippen molar-refractivity contribution in [3.05, 3.63) is 58.5 Å². The molecule has 1 amide bonds. The van der Waals surface area contributed by atoms with Gasteiger partial charge in [0.25, 0.3) is 5.91 Å². The lowest BCUT2D eigenvalue weighted by Crippen LogP contribution is -2.43. The molecule has 0 fully saturated rings. The number of esters is 1. The number of halogens is 1. The van der Waals surface area contributed by atoms with E-state index in [4.69, 9.17) is 9.15 Å². The third-order valence-corrected chi connectivity index (χ3v) is 3.55. The summed E-state index contributed by atoms with van der Waals surface area (Å²) in [4.78, 5) is 24.0. The van der Waals surface area contributed by atoms with E-state index in [0.717, 1.165) is 5.56 Å². The largest absolute Gasteiger partial charge is 0.467 e. The molecular weight excluding hydrogens is 338 g/mol. The van der Waals surface area contributed by atoms with Crippen LogP contribution in [0.25, 0.3) is 0 Å². The molecular formula is C15H14BrNO4. The van der Waals surface area contributed by atoms with Crippen LogP contribution in [0.15, 0.2) is 51.7 Å². The van der Waals surface area contributed by atoms with Crippen molar-refractivity contribution in [2.75, 3.05) is 7.11 Å². The fraction of sp³-hybridized carbons (Fsp3) is 0.200. The molecule has 0 saturated carbocycles. The monoisotopic (exact) mass is 351 g/mol. The molecule has 0 saturated heterocycles. The lowest BCUT2D eigenvalue weighted by atomic mass is 10.1. The average Bonchev–Trinajstić information content (AvgIpc) is 2.93. The van der Waals surface area contributed by atoms with Gasteiger partial charge in [-0.1, -0.05) is 30.3 Å². The minimum absolute atomic E-state index is 0.323. The van der Waals surface area contributed by atoms with Crippen LogP contribution >= 0.6 is 15.9 Å². The summed E-state index contributed by atoms with van der Waals surface area (Å²) in [6, 6.07) is 10.2. The Labute approximate surface area is 130 Å². The zero-order chi connectivity index (χ0) is 15.2. The van der Waals surface area contributed by atoms with Gasteiger partial charge in [0.05, 0.1) is 18.9 Å². The predicted octanol–water partition coefficient (Wildman–Crippen LogP) is 2.56. The number of hydrogen-bond donors (Lipinski definition) is 1. The first kappa shape index (κ1) is 15.3. The Morgan fingerprint density at radius 2 is 2.00 bits per heavy atom. The van der Waals surface area contributed by atoms with Gasteiger partial charge in [-0.2, -0.15) is 0 Å². The van der Waals surface area contributed by atoms with E-state index in [1.807, 2.05) is 30.3 Å². The van der Waals surface area contributed by atoms with Gasteiger partial charge in [-0.25, -0.2) is 4.79 Å². The number of benzene rings is 1. The molecule has 1 aromatic heterocycles. The summed E-state index contributed by atoms with van der Waals surface area (Å²) in [5.74, 6) is -0.895. The van der Waals surface area contributed by atoms with Gasteiger partial charge in [-0.15, -0.1) is 0 Å². The van der Waals surface area contributed by atoms with Crippen molar-refractivity contribution in [1.29, 1.82) is 0 Å². The highest BCUT2D eigenvalue weighted by atomic mass is 79.9. The first-order chi connectivity index (χ1) is 10.1. The summed E-state index contributed by atoms with van der Waals surface area (Å²) in [6.07, 6.45) is 1.75. The zero-order valence-corrected chi connectivity index (χ0v) is 12.9. The Morgan fingerprint density at radius 3 is 2.57 bits per heavy atom. The molecule has 2 aromatic rings. The van der Waals surface area contributed by atoms with Gasteiger partial charge in [-0.05, 0) is 27.6 Å². The quantitative estimate of drug-likeness (QED) is 0.840. The maximum absolute atomic E-state index is 12.1. The number of ether oxygens (including phenoxy) is 1. The molecule has 110 valence electrons. The van der Waals surface area contributed by atoms with Gasteiger partial charge >= 0.3 is 5.97 Å². The van der Waals surface area contributed by atoms with Crippen molar-refractivity contribution >= 4 is 27.8 Å². The van der Waals surface area contributed by atoms with Crippen LogP contribution in [-0.2, 0) is 16.0 Å². The van der Waals surface area contributed by atoms with Crippen LogP contribution in [0, 0.1) is 0 Å². The smallest absolute Gasteiger partial charge is 0.328 e. The molecule has 1 N–H and O–H groups in total. The predicted molar refractivity (Wildman–Crippen MR) is 79.8 cm³/mol. The first-order valence-corrected chi connectivity index (χ1v) is 7.06. The number of nitrogens with one attached hydrogen (secondary N) is 1. The van der Waals surface area contributed by atoms with Crippen LogP contribution in [-0.4, -0.2) is 25.0 Å². The van der Waals surface area contributed by atoms with E-state index in [0.29, 0.717) is 16.7 Å². The molecule has 0 aliphatic rings. The summed E-state index contributed by atoms with van der Waals surface area (Å²) in [7, 11) is 1.29. The van der Waals surface area contributed by atoms with Crippen molar-refractivity contribution in [3.63, 3.8) is 0 Å². The molecule has 6 heteroatoms. The number of furan rings is 1. The molecule has 2 rings (SSSR count). The Hall–Kier alpha value is -2.08. The summed E-state index contributed by atoms with van der Waals surface area (Å²) in [6.45, 7) is 0. The maximum atomic E-state index is 12.1. The second kappa shape index (κ2) is 7.08. The van der Waals surface area contributed by atoms with E-state index in [9.17, 15) is 9.59 Å². The topological polar surface area (TPSA) is 68.5 Å². The lowest BCUT2D eigenvalue weighted by molar-refractivity contribution is -0.142. The van der Waals surface area contributed by atoms with Gasteiger partial charge < -0.3 is 14.5 Å². The van der Waals surface area contributed by atoms with Crippen molar-refractivity contribution in [2.24, 2.45) is 0 Å². The molecule has 0 bridgehead atoms. The maximum Gasteiger partial charge on any atom is 0.328 e. The Bertz CT molecular complexity index is 624. The number of rotatable bonds is 5. The fourth-order valence-corrected chi connectivity index (χ4v) is 2.30. The van der Waals surface area contributed by atoms with Crippen LogP contribution < -0.4 is 5.32 Å². The van der Waals surface area contributed by atoms with E-state index in [1.54, 1.807) is 0 Å². The molecule has 0 spiro atoms. The number of carbonyl (C=O) groups excluding carboxylic acids is 2. The van der Waals surface area contributed by atoms with Crippen molar-refractivity contribution in [1.82, 2.24) is 5.32 Å². The van der Waals surface area contributed by atoms with Crippen molar-refractivity contribution in [3.8, 4) is 0 Å². The SMILES string of the molecule is COC(=O)C(Cc1ccccc1)NC(=O)c1ccoc1Br. The van der Waals surface area contributed by atoms with Crippen LogP contribution in [0.4, 0.5) is 0 Å². The van der Waals surface area contributed by atoms with E-state index in [2.05, 4.69) is 21.2 Å². The van der Waals surface area contributed by atoms with E-state index in [-0.39, 0.29) is 0 Å². The zero-order valence-electron chi connectivity index (χ0n) is 11.3. The molecule has 0 radical (unpaired) electrons. The number of carbonyl (C=O) groups is 2. The van der Waals surface area contributed by atoms with Crippen molar-refractivity contribution in [2.45, 2.75) is 12.5 Å². The minimum atomic E-state index is -0.758. The Kier molecular flexibility index (Phi) is 5.16. The summed E-state index contributed by atoms with van der Waals surface area (Å²) < 4.78 is 10.1. The number of methoxy groups -OCH3 is 1. The summed E-state index contributed by atoms with van der Waals surface area (Å²) in [5, 5.41) is 2.66. The van der Waals surface area contributed by atoms with E-state index in [1.165, 1.54) is 19.4 Å². The number of amides is 1. The highest BCUT2D eigenvalue weighted by Crippen LogP contribution is 2.17. The third kappa shape index (κ3) is 3.95. The highest BCUT2D eigenvalue weighted by Gasteiger charge is 2.24. The van der Waals surface area contributed by atoms with Gasteiger partial charge in [0, 0.05) is 6.42 Å². The van der Waals surface area contributed by atoms with Crippen LogP contribution in [0.2, 0.25) is 0 Å². The van der Waals surface area contributed by atoms with Crippen LogP contribution in [0.1, 0.15) is 15.9 Å². The first-order valence-electron chi connectivity index (χ1n) is 6.27. The van der Waals surface area contributed by atoms with Crippen molar-refractivity contribution < 1.29 is 18.7 Å². The molecule has 21 heavy (non-hydrogen) atoms. The lowest BCUT2D eigenvalue weighted by Gasteiger charge is -2.16. The number of hydrogen-bond acceptors (Lipinski definition) is 4. The third-order valence-electron chi connectivity index (χ3n) is 2.94. The molecule has 1 aromatic carbocycles. The fourth-order valence-electron chi connectivity index (χ4n) is 1.88. The summed E-state index contributed by atoms with van der Waals surface area (Å²) >= 11 is 3.13. The minimum Gasteiger partial charge on any atom is -0.467 e. The molecule has 1 unspecified atom stereocenters. The molecule has 0 aliphatic heterocycles. The Balaban J connectivity index is 2.12. The van der Waals surface area contributed by atoms with Gasteiger partial charge in [0.15, 0.2) is 4.67 Å². The van der Waals surface area contributed by atoms with Crippen LogP contribution in [0.5, 0.6) is 0 Å². The second-order valence-electron chi connectivity index (χ2n) is 4.35. The van der Waals surface area contributed by atoms with Gasteiger partial charge in [-0.3, -0.25) is 4.79 Å². The molecule has 1 atom stereocenters. The molecule has 0 aliphatic carbocycles. The van der Waals surface area contributed by atoms with E-state index >= 15 is 0 Å². The Morgan fingerprint density at radius 1 is 1.29 bits per heavy atom. The van der Waals surface area contributed by atoms with Gasteiger partial charge in [0.2, 0.25) is 0 Å². The standard InChI is InChI=1S/C15H14BrNO4/c1-20-15(19)12(9-10-5-3-2-4-6-10)17-14(18)11-7-8-21-13(11)16/h2-8,12H,9H2,1H3,(H,17,18). The summed E-state index contributed by atoms with van der Waals surface area (Å²) in [5.41, 5.74) is 1.26. The normalized spacial score (nSPS) is 11.7. The second-order valence-corrected chi connectivity index (χ2v) is 5.07. The average molecular weight is 352 g/mol. The highest BCUT2D eigenvalue weighted by molar-refractivity contribution is 9.10. The molecule has 5 nitrogen and oxygen atoms in total. The van der Waals surface area contributed by atoms with Gasteiger partial charge in [0.1, 0.15) is 6.04 Å². The van der Waals surface area contributed by atoms with Crippen LogP contribution in [0.3, 0.4) is 0 Å².